The molecule has 2 nitrogen and oxygen atoms in total. The topological polar surface area (TPSA) is 23.5 Å². The van der Waals surface area contributed by atoms with Crippen LogP contribution in [0.2, 0.25) is 0 Å². The molecule has 0 aliphatic heterocycles. The molecule has 2 atom stereocenters. The Bertz CT molecular complexity index is 476. The van der Waals surface area contributed by atoms with Gasteiger partial charge in [0.1, 0.15) is 0 Å². The van der Waals surface area contributed by atoms with Gasteiger partial charge in [0.25, 0.3) is 0 Å². The van der Waals surface area contributed by atoms with Crippen molar-refractivity contribution in [3.8, 4) is 0 Å². The minimum Gasteiger partial charge on any atom is -0.392 e. The van der Waals surface area contributed by atoms with Crippen LogP contribution in [0, 0.1) is 0 Å². The monoisotopic (exact) mass is 270 g/mol. The molecule has 2 aromatic rings. The SMILES string of the molecule is [2H]C[C@@H](O)[C@H](C)N(Cc1ccccc1)Cc1ccccc1. The summed E-state index contributed by atoms with van der Waals surface area (Å²) < 4.78 is 7.42. The summed E-state index contributed by atoms with van der Waals surface area (Å²) in [5.74, 6) is 0. The van der Waals surface area contributed by atoms with Crippen molar-refractivity contribution in [2.75, 3.05) is 0 Å². The second-order valence-corrected chi connectivity index (χ2v) is 5.18. The summed E-state index contributed by atoms with van der Waals surface area (Å²) in [6.07, 6.45) is -0.627. The number of nitrogens with zero attached hydrogens (tertiary/aromatic N) is 1. The second kappa shape index (κ2) is 7.22. The maximum Gasteiger partial charge on any atom is 0.0664 e. The lowest BCUT2D eigenvalue weighted by atomic mass is 10.1. The number of rotatable bonds is 6. The third kappa shape index (κ3) is 4.19. The Balaban J connectivity index is 2.13. The lowest BCUT2D eigenvalue weighted by Gasteiger charge is -2.31. The molecule has 0 unspecified atom stereocenters. The first kappa shape index (κ1) is 13.3. The maximum absolute atomic E-state index is 10.0. The van der Waals surface area contributed by atoms with Crippen LogP contribution in [0.3, 0.4) is 0 Å². The van der Waals surface area contributed by atoms with Crippen LogP contribution in [-0.4, -0.2) is 22.2 Å². The standard InChI is InChI=1S/C18H23NO/c1-15(16(2)20)19(13-17-9-5-3-6-10-17)14-18-11-7-4-8-12-18/h3-12,15-16,20H,13-14H2,1-2H3/t15-,16+/m0/s1/i2D. The maximum atomic E-state index is 10.0. The first-order valence-electron chi connectivity index (χ1n) is 7.70. The number of benzene rings is 2. The molecule has 0 saturated carbocycles. The Morgan fingerprint density at radius 2 is 1.40 bits per heavy atom. The van der Waals surface area contributed by atoms with Gasteiger partial charge < -0.3 is 5.11 Å². The molecule has 106 valence electrons. The van der Waals surface area contributed by atoms with Crippen molar-refractivity contribution in [2.24, 2.45) is 0 Å². The first-order valence-corrected chi connectivity index (χ1v) is 7.00. The number of hydrogen-bond donors (Lipinski definition) is 1. The fourth-order valence-electron chi connectivity index (χ4n) is 2.22. The molecule has 0 amide bonds. The van der Waals surface area contributed by atoms with Crippen molar-refractivity contribution in [3.05, 3.63) is 71.8 Å². The molecule has 0 saturated heterocycles. The Morgan fingerprint density at radius 1 is 0.950 bits per heavy atom. The van der Waals surface area contributed by atoms with E-state index in [1.165, 1.54) is 11.1 Å². The fourth-order valence-corrected chi connectivity index (χ4v) is 2.22. The van der Waals surface area contributed by atoms with Crippen molar-refractivity contribution in [1.29, 1.82) is 0 Å². The van der Waals surface area contributed by atoms with Gasteiger partial charge in [-0.1, -0.05) is 60.7 Å². The van der Waals surface area contributed by atoms with E-state index in [1.54, 1.807) is 0 Å². The molecular weight excluding hydrogens is 246 g/mol. The molecule has 0 bridgehead atoms. The van der Waals surface area contributed by atoms with Gasteiger partial charge in [-0.3, -0.25) is 4.90 Å². The van der Waals surface area contributed by atoms with Gasteiger partial charge >= 0.3 is 0 Å². The zero-order valence-corrected chi connectivity index (χ0v) is 11.9. The van der Waals surface area contributed by atoms with Gasteiger partial charge in [-0.05, 0) is 25.0 Å². The predicted molar refractivity (Wildman–Crippen MR) is 83.3 cm³/mol. The zero-order chi connectivity index (χ0) is 15.1. The Labute approximate surface area is 123 Å². The highest BCUT2D eigenvalue weighted by atomic mass is 16.3. The van der Waals surface area contributed by atoms with Gasteiger partial charge in [0, 0.05) is 20.5 Å². The van der Waals surface area contributed by atoms with E-state index >= 15 is 0 Å². The predicted octanol–water partition coefficient (Wildman–Crippen LogP) is 3.46. The average Bonchev–Trinajstić information content (AvgIpc) is 2.54. The molecule has 0 radical (unpaired) electrons. The van der Waals surface area contributed by atoms with Gasteiger partial charge in [0.05, 0.1) is 6.10 Å². The quantitative estimate of drug-likeness (QED) is 0.869. The van der Waals surface area contributed by atoms with Crippen LogP contribution < -0.4 is 0 Å². The van der Waals surface area contributed by atoms with Crippen LogP contribution in [0.5, 0.6) is 0 Å². The van der Waals surface area contributed by atoms with Crippen LogP contribution >= 0.6 is 0 Å². The highest BCUT2D eigenvalue weighted by molar-refractivity contribution is 5.17. The van der Waals surface area contributed by atoms with E-state index in [0.29, 0.717) is 0 Å². The van der Waals surface area contributed by atoms with Gasteiger partial charge in [-0.2, -0.15) is 0 Å². The van der Waals surface area contributed by atoms with E-state index in [1.807, 2.05) is 43.3 Å². The average molecular weight is 270 g/mol. The molecule has 0 aliphatic carbocycles. The summed E-state index contributed by atoms with van der Waals surface area (Å²) in [6.45, 7) is 3.56. The highest BCUT2D eigenvalue weighted by Crippen LogP contribution is 2.15. The Hall–Kier alpha value is -1.64. The number of aliphatic hydroxyl groups excluding tert-OH is 1. The fraction of sp³-hybridized carbons (Fsp3) is 0.333. The number of hydrogen-bond acceptors (Lipinski definition) is 2. The van der Waals surface area contributed by atoms with E-state index < -0.39 is 6.10 Å². The van der Waals surface area contributed by atoms with E-state index in [0.717, 1.165) is 13.1 Å². The molecule has 20 heavy (non-hydrogen) atoms. The van der Waals surface area contributed by atoms with Gasteiger partial charge in [-0.25, -0.2) is 0 Å². The summed E-state index contributed by atoms with van der Waals surface area (Å²) in [6, 6.07) is 20.5. The van der Waals surface area contributed by atoms with E-state index in [2.05, 4.69) is 29.2 Å². The van der Waals surface area contributed by atoms with Crippen molar-refractivity contribution in [3.63, 3.8) is 0 Å². The van der Waals surface area contributed by atoms with Crippen molar-refractivity contribution in [1.82, 2.24) is 4.90 Å². The minimum atomic E-state index is -0.627. The van der Waals surface area contributed by atoms with Crippen LogP contribution in [0.4, 0.5) is 0 Å². The Kier molecular flexibility index (Phi) is 4.82. The molecule has 0 aliphatic rings. The normalized spacial score (nSPS) is 14.8. The summed E-state index contributed by atoms with van der Waals surface area (Å²) in [5, 5.41) is 10.0. The summed E-state index contributed by atoms with van der Waals surface area (Å²) in [4.78, 5) is 2.23. The van der Waals surface area contributed by atoms with Gasteiger partial charge in [-0.15, -0.1) is 0 Å². The van der Waals surface area contributed by atoms with Crippen LogP contribution in [-0.2, 0) is 13.1 Å². The molecule has 0 spiro atoms. The third-order valence-electron chi connectivity index (χ3n) is 3.59. The van der Waals surface area contributed by atoms with Gasteiger partial charge in [0.2, 0.25) is 0 Å². The highest BCUT2D eigenvalue weighted by Gasteiger charge is 2.18. The van der Waals surface area contributed by atoms with E-state index in [-0.39, 0.29) is 12.9 Å². The molecule has 1 N–H and O–H groups in total. The number of aliphatic hydroxyl groups is 1. The summed E-state index contributed by atoms with van der Waals surface area (Å²) in [7, 11) is 0. The van der Waals surface area contributed by atoms with Crippen LogP contribution in [0.15, 0.2) is 60.7 Å². The van der Waals surface area contributed by atoms with E-state index in [4.69, 9.17) is 1.37 Å². The molecule has 2 aromatic carbocycles. The molecular formula is C18H23NO. The Morgan fingerprint density at radius 3 is 1.80 bits per heavy atom. The van der Waals surface area contributed by atoms with Gasteiger partial charge in [0.15, 0.2) is 0 Å². The summed E-state index contributed by atoms with van der Waals surface area (Å²) in [5.41, 5.74) is 2.44. The molecule has 2 heteroatoms. The van der Waals surface area contributed by atoms with Crippen LogP contribution in [0.25, 0.3) is 0 Å². The summed E-state index contributed by atoms with van der Waals surface area (Å²) >= 11 is 0. The largest absolute Gasteiger partial charge is 0.392 e. The van der Waals surface area contributed by atoms with Crippen molar-refractivity contribution >= 4 is 0 Å². The molecule has 0 fully saturated rings. The van der Waals surface area contributed by atoms with Crippen LogP contribution in [0.1, 0.15) is 26.3 Å². The second-order valence-electron chi connectivity index (χ2n) is 5.18. The molecule has 0 heterocycles. The zero-order valence-electron chi connectivity index (χ0n) is 12.9. The first-order chi connectivity index (χ1) is 10.2. The minimum absolute atomic E-state index is 0.0290. The van der Waals surface area contributed by atoms with Crippen molar-refractivity contribution < 1.29 is 6.48 Å². The van der Waals surface area contributed by atoms with E-state index in [9.17, 15) is 5.11 Å². The molecule has 2 rings (SSSR count). The smallest absolute Gasteiger partial charge is 0.0664 e. The third-order valence-corrected chi connectivity index (χ3v) is 3.59. The molecule has 0 aromatic heterocycles. The lowest BCUT2D eigenvalue weighted by Crippen LogP contribution is -2.39. The van der Waals surface area contributed by atoms with Crippen molar-refractivity contribution in [2.45, 2.75) is 39.1 Å². The lowest BCUT2D eigenvalue weighted by molar-refractivity contribution is 0.0610.